The number of hydrogen-bond donors (Lipinski definition) is 10. The molecule has 0 amide bonds. The van der Waals surface area contributed by atoms with E-state index in [0.717, 1.165) is 23.3 Å². The van der Waals surface area contributed by atoms with E-state index in [-0.39, 0.29) is 80.8 Å². The lowest BCUT2D eigenvalue weighted by molar-refractivity contribution is 0.422. The van der Waals surface area contributed by atoms with Crippen molar-refractivity contribution in [2.75, 3.05) is 0 Å². The molecule has 0 unspecified atom stereocenters. The van der Waals surface area contributed by atoms with E-state index in [1.165, 1.54) is 36.4 Å². The summed E-state index contributed by atoms with van der Waals surface area (Å²) in [5.74, 6) is 0.380. The molecule has 20 nitrogen and oxygen atoms in total. The number of benzene rings is 6. The third-order valence-corrected chi connectivity index (χ3v) is 15.1. The highest BCUT2D eigenvalue weighted by Crippen LogP contribution is 2.43. The number of phenols is 2. The van der Waals surface area contributed by atoms with Crippen LogP contribution in [0.5, 0.6) is 11.5 Å². The second kappa shape index (κ2) is 23.9. The zero-order valence-electron chi connectivity index (χ0n) is 49.0. The number of aromatic amines is 6. The topological polar surface area (TPSA) is 318 Å². The van der Waals surface area contributed by atoms with E-state index in [1.54, 1.807) is 0 Å². The molecule has 0 bridgehead atoms. The van der Waals surface area contributed by atoms with Gasteiger partial charge in [0.1, 0.15) is 21.3 Å². The number of hydrogen-bond acceptors (Lipinski definition) is 12. The molecule has 0 aliphatic carbocycles. The Morgan fingerprint density at radius 2 is 0.655 bits per heavy atom. The quantitative estimate of drug-likeness (QED) is 0.0413. The van der Waals surface area contributed by atoms with Gasteiger partial charge in [0.2, 0.25) is 33.7 Å². The first-order chi connectivity index (χ1) is 39.2. The van der Waals surface area contributed by atoms with Gasteiger partial charge in [0.15, 0.2) is 0 Å². The van der Waals surface area contributed by atoms with Gasteiger partial charge >= 0.3 is 0 Å². The predicted molar refractivity (Wildman–Crippen MR) is 324 cm³/mol. The first kappa shape index (κ1) is 61.4. The molecular formula is C62H72N12O8S2. The average Bonchev–Trinajstić information content (AvgIpc) is 3.08. The normalized spacial score (nSPS) is 14.4. The summed E-state index contributed by atoms with van der Waals surface area (Å²) in [7, 11) is -9.89. The van der Waals surface area contributed by atoms with Crippen molar-refractivity contribution in [3.63, 3.8) is 0 Å². The number of aromatic nitrogens is 6. The van der Waals surface area contributed by atoms with Gasteiger partial charge < -0.3 is 10.2 Å². The van der Waals surface area contributed by atoms with Crippen molar-refractivity contribution < 1.29 is 36.2 Å². The molecule has 2 aromatic heterocycles. The van der Waals surface area contributed by atoms with Crippen LogP contribution in [0.15, 0.2) is 161 Å². The first-order valence-electron chi connectivity index (χ1n) is 27.0. The fourth-order valence-corrected chi connectivity index (χ4v) is 10.4. The van der Waals surface area contributed by atoms with Crippen LogP contribution < -0.4 is 33.7 Å². The fraction of sp³-hybridized carbons (Fsp3) is 0.290. The van der Waals surface area contributed by atoms with Crippen LogP contribution in [0.1, 0.15) is 128 Å². The molecular weight excluding hydrogens is 1100 g/mol. The van der Waals surface area contributed by atoms with E-state index in [9.17, 15) is 36.2 Å². The van der Waals surface area contributed by atoms with Gasteiger partial charge in [0, 0.05) is 22.3 Å². The molecule has 0 spiro atoms. The first-order valence-corrected chi connectivity index (χ1v) is 29.9. The average molecular weight is 1180 g/mol. The van der Waals surface area contributed by atoms with E-state index in [4.69, 9.17) is 20.0 Å². The fourth-order valence-electron chi connectivity index (χ4n) is 9.01. The summed E-state index contributed by atoms with van der Waals surface area (Å²) >= 11 is 0. The molecule has 0 saturated heterocycles. The highest BCUT2D eigenvalue weighted by atomic mass is 32.2. The third kappa shape index (κ3) is 15.7. The number of nitrogens with one attached hydrogen (secondary N) is 6. The van der Waals surface area contributed by atoms with Gasteiger partial charge in [-0.1, -0.05) is 168 Å². The third-order valence-electron chi connectivity index (χ3n) is 13.3. The maximum absolute atomic E-state index is 13.1. The molecule has 0 aliphatic heterocycles. The van der Waals surface area contributed by atoms with Crippen LogP contribution >= 0.6 is 0 Å². The van der Waals surface area contributed by atoms with E-state index < -0.39 is 51.7 Å². The number of aromatic hydroxyl groups is 2. The highest BCUT2D eigenvalue weighted by Gasteiger charge is 2.28. The molecule has 2 heterocycles. The molecule has 0 atom stereocenters. The standard InChI is InChI=1S/C62H72N12O8S2/c1-59(2,3)45-29-43(30-46(51(45)75)60(4,5)6)67-57-71-53(63-35-37-19-15-13-16-20-37)69-55(73-57)65-41-27-25-39(49(33-41)83(77,78)79)23-24-40-26-28-42(34-50(40)84(80,81)82)66-56-70-54(64-36-38-21-17-14-18-22-38)72-58(74-56)68-44-31-47(61(7,8)9)52(76)48(32-44)62(10,11)12/h13-34,75-76H,35-36H2,1-12H3,(H,77,78,79)(H,80,81,82)(H3,63,65,67,69,71,73)(H3,64,66,68,70,72,74)/b24-23+. The Kier molecular flexibility index (Phi) is 17.4. The maximum Gasteiger partial charge on any atom is 0.295 e. The Morgan fingerprint density at radius 1 is 0.381 bits per heavy atom. The second-order valence-electron chi connectivity index (χ2n) is 24.4. The summed E-state index contributed by atoms with van der Waals surface area (Å²) in [6, 6.07) is 34.4. The molecule has 0 saturated carbocycles. The molecule has 8 aromatic rings. The van der Waals surface area contributed by atoms with E-state index >= 15 is 0 Å². The minimum absolute atomic E-state index is 0.0441. The van der Waals surface area contributed by atoms with Crippen molar-refractivity contribution >= 4 is 55.1 Å². The maximum atomic E-state index is 13.1. The van der Waals surface area contributed by atoms with Crippen LogP contribution in [-0.2, 0) is 55.0 Å². The Hall–Kier alpha value is -8.70. The van der Waals surface area contributed by atoms with Crippen LogP contribution in [0.25, 0.3) is 12.2 Å². The SMILES string of the molecule is CC(C)(C)c1cc(N=c2[nH]c(=NCc3ccccc3)[nH]c(=Nc3ccc(/C=C/c4ccc(N=c5[nH]c(=NCc6ccccc6)[nH]c(=Nc6cc(C(C)(C)C)c(O)c(C(C)(C)C)c6)[nH]5)cc4S(=O)(=O)O)c(S(=O)(=O)O)c3)[nH]2)cc(C(C)(C)C)c1O. The van der Waals surface area contributed by atoms with E-state index in [2.05, 4.69) is 39.9 Å². The lowest BCUT2D eigenvalue weighted by Gasteiger charge is -2.27. The second-order valence-corrected chi connectivity index (χ2v) is 27.2. The Morgan fingerprint density at radius 3 is 0.929 bits per heavy atom. The van der Waals surface area contributed by atoms with Crippen LogP contribution in [0.3, 0.4) is 0 Å². The van der Waals surface area contributed by atoms with Crippen molar-refractivity contribution in [3.05, 3.63) is 200 Å². The van der Waals surface area contributed by atoms with Gasteiger partial charge in [0.25, 0.3) is 20.2 Å². The minimum atomic E-state index is -4.95. The Balaban J connectivity index is 1.21. The zero-order valence-corrected chi connectivity index (χ0v) is 50.7. The summed E-state index contributed by atoms with van der Waals surface area (Å²) in [5.41, 5.74) is 5.13. The van der Waals surface area contributed by atoms with E-state index in [0.29, 0.717) is 33.6 Å². The molecule has 440 valence electrons. The lowest BCUT2D eigenvalue weighted by atomic mass is 9.79. The number of rotatable bonds is 12. The summed E-state index contributed by atoms with van der Waals surface area (Å²) < 4.78 is 73.5. The molecule has 0 aliphatic rings. The minimum Gasteiger partial charge on any atom is -0.507 e. The molecule has 84 heavy (non-hydrogen) atoms. The predicted octanol–water partition coefficient (Wildman–Crippen LogP) is 10.1. The van der Waals surface area contributed by atoms with Crippen molar-refractivity contribution in [2.24, 2.45) is 30.0 Å². The largest absolute Gasteiger partial charge is 0.507 e. The molecule has 6 aromatic carbocycles. The summed E-state index contributed by atoms with van der Waals surface area (Å²) in [5, 5.41) is 22.8. The molecule has 22 heteroatoms. The Bertz CT molecular complexity index is 4140. The van der Waals surface area contributed by atoms with Gasteiger partial charge in [0.05, 0.1) is 35.8 Å². The monoisotopic (exact) mass is 1180 g/mol. The van der Waals surface area contributed by atoms with Crippen molar-refractivity contribution in [2.45, 2.75) is 128 Å². The van der Waals surface area contributed by atoms with Crippen LogP contribution in [0.4, 0.5) is 22.7 Å². The Labute approximate surface area is 487 Å². The van der Waals surface area contributed by atoms with E-state index in [1.807, 2.05) is 168 Å². The van der Waals surface area contributed by atoms with Crippen LogP contribution in [0.2, 0.25) is 0 Å². The molecule has 0 radical (unpaired) electrons. The smallest absolute Gasteiger partial charge is 0.295 e. The van der Waals surface area contributed by atoms with Gasteiger partial charge in [-0.2, -0.15) is 16.8 Å². The van der Waals surface area contributed by atoms with Crippen molar-refractivity contribution in [1.29, 1.82) is 0 Å². The van der Waals surface area contributed by atoms with Crippen molar-refractivity contribution in [3.8, 4) is 11.5 Å². The zero-order chi connectivity index (χ0) is 61.2. The molecule has 0 fully saturated rings. The number of H-pyrrole nitrogens is 6. The van der Waals surface area contributed by atoms with Gasteiger partial charge in [-0.05, 0) is 92.4 Å². The summed E-state index contributed by atoms with van der Waals surface area (Å²) in [4.78, 5) is 46.1. The van der Waals surface area contributed by atoms with Gasteiger partial charge in [-0.3, -0.25) is 39.0 Å². The number of phenolic OH excluding ortho intramolecular Hbond substituents is 2. The lowest BCUT2D eigenvalue weighted by Crippen LogP contribution is -2.37. The molecule has 8 rings (SSSR count). The van der Waals surface area contributed by atoms with Gasteiger partial charge in [-0.25, -0.2) is 30.0 Å². The number of nitrogens with zero attached hydrogens (tertiary/aromatic N) is 6. The summed E-state index contributed by atoms with van der Waals surface area (Å²) in [6.07, 6.45) is 2.55. The summed E-state index contributed by atoms with van der Waals surface area (Å²) in [6.45, 7) is 24.6. The van der Waals surface area contributed by atoms with Gasteiger partial charge in [-0.15, -0.1) is 0 Å². The molecule has 10 N–H and O–H groups in total. The van der Waals surface area contributed by atoms with Crippen molar-refractivity contribution in [1.82, 2.24) is 29.9 Å². The van der Waals surface area contributed by atoms with Crippen LogP contribution in [-0.4, -0.2) is 66.1 Å². The highest BCUT2D eigenvalue weighted by molar-refractivity contribution is 7.86. The van der Waals surface area contributed by atoms with Crippen LogP contribution in [0, 0.1) is 0 Å².